The number of fused-ring (bicyclic) bond motifs is 1. The van der Waals surface area contributed by atoms with Crippen molar-refractivity contribution in [3.05, 3.63) is 107 Å². The van der Waals surface area contributed by atoms with E-state index in [1.54, 1.807) is 18.2 Å². The second-order valence-electron chi connectivity index (χ2n) is 6.51. The Morgan fingerprint density at radius 1 is 0.778 bits per heavy atom. The van der Waals surface area contributed by atoms with Crippen molar-refractivity contribution in [2.24, 2.45) is 16.9 Å². The maximum atomic E-state index is 13.6. The van der Waals surface area contributed by atoms with E-state index in [1.165, 1.54) is 0 Å². The zero-order valence-electron chi connectivity index (χ0n) is 14.6. The number of hydrogen-bond donors (Lipinski definition) is 1. The lowest BCUT2D eigenvalue weighted by molar-refractivity contribution is -0.120. The third-order valence-corrected chi connectivity index (χ3v) is 4.98. The first-order chi connectivity index (χ1) is 13.2. The summed E-state index contributed by atoms with van der Waals surface area (Å²) in [6, 6.07) is 26.1. The van der Waals surface area contributed by atoms with Crippen molar-refractivity contribution in [1.82, 2.24) is 0 Å². The van der Waals surface area contributed by atoms with Crippen molar-refractivity contribution in [3.8, 4) is 0 Å². The number of carbonyl (C=O) groups excluding carboxylic acids is 2. The molecule has 0 aliphatic heterocycles. The molecule has 3 aromatic rings. The second-order valence-corrected chi connectivity index (χ2v) is 6.51. The molecule has 0 amide bonds. The summed E-state index contributed by atoms with van der Waals surface area (Å²) < 4.78 is 0. The molecule has 2 N–H and O–H groups in total. The van der Waals surface area contributed by atoms with Crippen LogP contribution in [-0.2, 0) is 4.79 Å². The fourth-order valence-corrected chi connectivity index (χ4v) is 3.74. The maximum absolute atomic E-state index is 13.6. The summed E-state index contributed by atoms with van der Waals surface area (Å²) in [6.45, 7) is 0. The van der Waals surface area contributed by atoms with Crippen LogP contribution in [0.15, 0.2) is 90.0 Å². The van der Waals surface area contributed by atoms with Gasteiger partial charge in [-0.2, -0.15) is 5.10 Å². The summed E-state index contributed by atoms with van der Waals surface area (Å²) in [7, 11) is 0. The van der Waals surface area contributed by atoms with Crippen LogP contribution in [0.1, 0.15) is 33.0 Å². The van der Waals surface area contributed by atoms with E-state index in [-0.39, 0.29) is 11.6 Å². The molecule has 4 nitrogen and oxygen atoms in total. The zero-order valence-corrected chi connectivity index (χ0v) is 14.6. The lowest BCUT2D eigenvalue weighted by atomic mass is 9.80. The van der Waals surface area contributed by atoms with E-state index >= 15 is 0 Å². The Labute approximate surface area is 157 Å². The number of rotatable bonds is 4. The predicted octanol–water partition coefficient (Wildman–Crippen LogP) is 3.56. The average molecular weight is 354 g/mol. The SMILES string of the molecule is N/N=C1\c2ccccc2C(=O)[C@@H]1C(=O)C(c1ccccc1)c1ccccc1. The highest BCUT2D eigenvalue weighted by molar-refractivity contribution is 6.37. The Balaban J connectivity index is 1.83. The van der Waals surface area contributed by atoms with Gasteiger partial charge in [0.1, 0.15) is 5.92 Å². The third kappa shape index (κ3) is 2.85. The largest absolute Gasteiger partial charge is 0.323 e. The van der Waals surface area contributed by atoms with Gasteiger partial charge in [-0.15, -0.1) is 0 Å². The Hall–Kier alpha value is -3.53. The number of ketones is 2. The number of nitrogens with zero attached hydrogens (tertiary/aromatic N) is 1. The Morgan fingerprint density at radius 2 is 1.26 bits per heavy atom. The van der Waals surface area contributed by atoms with Gasteiger partial charge in [0, 0.05) is 11.1 Å². The molecule has 1 atom stereocenters. The highest BCUT2D eigenvalue weighted by atomic mass is 16.2. The van der Waals surface area contributed by atoms with Crippen LogP contribution in [0.4, 0.5) is 0 Å². The van der Waals surface area contributed by atoms with E-state index in [0.717, 1.165) is 11.1 Å². The number of carbonyl (C=O) groups is 2. The first-order valence-corrected chi connectivity index (χ1v) is 8.77. The molecule has 0 bridgehead atoms. The summed E-state index contributed by atoms with van der Waals surface area (Å²) in [5.41, 5.74) is 3.17. The summed E-state index contributed by atoms with van der Waals surface area (Å²) in [5.74, 6) is 3.60. The van der Waals surface area contributed by atoms with Crippen LogP contribution >= 0.6 is 0 Å². The lowest BCUT2D eigenvalue weighted by Gasteiger charge is -2.20. The Bertz CT molecular complexity index is 987. The van der Waals surface area contributed by atoms with Crippen LogP contribution in [-0.4, -0.2) is 17.3 Å². The molecule has 27 heavy (non-hydrogen) atoms. The van der Waals surface area contributed by atoms with Crippen LogP contribution in [0.5, 0.6) is 0 Å². The van der Waals surface area contributed by atoms with Gasteiger partial charge in [0.25, 0.3) is 0 Å². The topological polar surface area (TPSA) is 72.5 Å². The highest BCUT2D eigenvalue weighted by Gasteiger charge is 2.44. The van der Waals surface area contributed by atoms with Crippen molar-refractivity contribution in [3.63, 3.8) is 0 Å². The van der Waals surface area contributed by atoms with Gasteiger partial charge in [-0.1, -0.05) is 84.9 Å². The predicted molar refractivity (Wildman–Crippen MR) is 105 cm³/mol. The van der Waals surface area contributed by atoms with Gasteiger partial charge in [-0.3, -0.25) is 9.59 Å². The molecular formula is C23H18N2O2. The van der Waals surface area contributed by atoms with Crippen LogP contribution in [0.3, 0.4) is 0 Å². The zero-order chi connectivity index (χ0) is 18.8. The van der Waals surface area contributed by atoms with E-state index in [4.69, 9.17) is 5.84 Å². The first-order valence-electron chi connectivity index (χ1n) is 8.77. The van der Waals surface area contributed by atoms with Crippen LogP contribution < -0.4 is 5.84 Å². The van der Waals surface area contributed by atoms with Crippen molar-refractivity contribution < 1.29 is 9.59 Å². The fraction of sp³-hybridized carbons (Fsp3) is 0.0870. The molecule has 0 unspecified atom stereocenters. The Kier molecular flexibility index (Phi) is 4.38. The summed E-state index contributed by atoms with van der Waals surface area (Å²) in [5, 5.41) is 3.83. The summed E-state index contributed by atoms with van der Waals surface area (Å²) in [6.07, 6.45) is 0. The van der Waals surface area contributed by atoms with Crippen molar-refractivity contribution in [2.45, 2.75) is 5.92 Å². The van der Waals surface area contributed by atoms with Crippen molar-refractivity contribution in [2.75, 3.05) is 0 Å². The Morgan fingerprint density at radius 3 is 1.78 bits per heavy atom. The minimum atomic E-state index is -0.988. The van der Waals surface area contributed by atoms with E-state index in [0.29, 0.717) is 16.8 Å². The number of benzene rings is 3. The molecule has 1 aliphatic carbocycles. The number of Topliss-reactive ketones (excluding diaryl/α,β-unsaturated/α-hetero) is 2. The van der Waals surface area contributed by atoms with Gasteiger partial charge in [-0.05, 0) is 11.1 Å². The van der Waals surface area contributed by atoms with Gasteiger partial charge in [0.05, 0.1) is 11.6 Å². The van der Waals surface area contributed by atoms with E-state index in [1.807, 2.05) is 66.7 Å². The maximum Gasteiger partial charge on any atom is 0.180 e. The minimum absolute atomic E-state index is 0.210. The van der Waals surface area contributed by atoms with E-state index in [9.17, 15) is 9.59 Å². The molecule has 1 aliphatic rings. The van der Waals surface area contributed by atoms with Gasteiger partial charge < -0.3 is 5.84 Å². The second kappa shape index (κ2) is 7.00. The van der Waals surface area contributed by atoms with Crippen LogP contribution in [0.2, 0.25) is 0 Å². The average Bonchev–Trinajstić information content (AvgIpc) is 3.02. The molecule has 0 fully saturated rings. The highest BCUT2D eigenvalue weighted by Crippen LogP contribution is 2.35. The molecule has 0 heterocycles. The van der Waals surface area contributed by atoms with Gasteiger partial charge in [-0.25, -0.2) is 0 Å². The fourth-order valence-electron chi connectivity index (χ4n) is 3.74. The molecule has 3 aromatic carbocycles. The third-order valence-electron chi connectivity index (χ3n) is 4.98. The molecule has 4 rings (SSSR count). The molecule has 0 spiro atoms. The van der Waals surface area contributed by atoms with Gasteiger partial charge in [0.15, 0.2) is 11.6 Å². The van der Waals surface area contributed by atoms with Crippen LogP contribution in [0.25, 0.3) is 0 Å². The quantitative estimate of drug-likeness (QED) is 0.442. The van der Waals surface area contributed by atoms with Gasteiger partial charge in [0.2, 0.25) is 0 Å². The standard InChI is InChI=1S/C23H18N2O2/c24-25-21-17-13-7-8-14-18(17)22(26)20(21)23(27)19(15-9-3-1-4-10-15)16-11-5-2-6-12-16/h1-14,19-20H,24H2/b25-21+/t20-/m1/s1. The van der Waals surface area contributed by atoms with E-state index in [2.05, 4.69) is 5.10 Å². The van der Waals surface area contributed by atoms with Crippen LogP contribution in [0, 0.1) is 5.92 Å². The molecule has 0 aromatic heterocycles. The normalized spacial score (nSPS) is 17.3. The first kappa shape index (κ1) is 16.9. The monoisotopic (exact) mass is 354 g/mol. The van der Waals surface area contributed by atoms with Crippen molar-refractivity contribution in [1.29, 1.82) is 0 Å². The van der Waals surface area contributed by atoms with Gasteiger partial charge >= 0.3 is 0 Å². The van der Waals surface area contributed by atoms with Crippen molar-refractivity contribution >= 4 is 17.3 Å². The number of nitrogens with two attached hydrogens (primary N) is 1. The smallest absolute Gasteiger partial charge is 0.180 e. The molecular weight excluding hydrogens is 336 g/mol. The molecule has 0 saturated carbocycles. The molecule has 0 radical (unpaired) electrons. The molecule has 132 valence electrons. The number of hydrazone groups is 1. The minimum Gasteiger partial charge on any atom is -0.323 e. The molecule has 0 saturated heterocycles. The summed E-state index contributed by atoms with van der Waals surface area (Å²) in [4.78, 5) is 26.7. The summed E-state index contributed by atoms with van der Waals surface area (Å²) >= 11 is 0. The lowest BCUT2D eigenvalue weighted by Crippen LogP contribution is -2.32. The van der Waals surface area contributed by atoms with E-state index < -0.39 is 11.8 Å². The molecule has 4 heteroatoms. The number of hydrogen-bond acceptors (Lipinski definition) is 4.